The van der Waals surface area contributed by atoms with E-state index in [2.05, 4.69) is 103 Å². The molecule has 1 aromatic heterocycles. The van der Waals surface area contributed by atoms with Gasteiger partial charge in [-0.05, 0) is 40.3 Å². The molecular formula is C29H20OS. The fraction of sp³-hybridized carbons (Fsp3) is 0.0345. The van der Waals surface area contributed by atoms with E-state index in [9.17, 15) is 0 Å². The molecule has 0 saturated carbocycles. The molecule has 6 rings (SSSR count). The van der Waals surface area contributed by atoms with Crippen LogP contribution in [0.5, 0.6) is 0 Å². The summed E-state index contributed by atoms with van der Waals surface area (Å²) in [6, 6.07) is 36.5. The minimum Gasteiger partial charge on any atom is -0.455 e. The number of furan rings is 1. The molecular weight excluding hydrogens is 396 g/mol. The molecule has 0 aliphatic carbocycles. The summed E-state index contributed by atoms with van der Waals surface area (Å²) in [6.45, 7) is 0. The Morgan fingerprint density at radius 2 is 1.19 bits per heavy atom. The Bertz CT molecular complexity index is 1560. The topological polar surface area (TPSA) is 13.1 Å². The van der Waals surface area contributed by atoms with Crippen molar-refractivity contribution in [2.24, 2.45) is 0 Å². The molecule has 1 heterocycles. The van der Waals surface area contributed by atoms with Gasteiger partial charge in [-0.15, -0.1) is 11.8 Å². The van der Waals surface area contributed by atoms with Crippen LogP contribution in [0.15, 0.2) is 112 Å². The lowest BCUT2D eigenvalue weighted by molar-refractivity contribution is 0.671. The van der Waals surface area contributed by atoms with Gasteiger partial charge in [0.05, 0.1) is 0 Å². The summed E-state index contributed by atoms with van der Waals surface area (Å²) < 4.78 is 6.64. The summed E-state index contributed by atoms with van der Waals surface area (Å²) >= 11 is 1.77. The normalized spacial score (nSPS) is 11.5. The van der Waals surface area contributed by atoms with Gasteiger partial charge >= 0.3 is 0 Å². The summed E-state index contributed by atoms with van der Waals surface area (Å²) in [4.78, 5) is 1.26. The van der Waals surface area contributed by atoms with Crippen LogP contribution in [0, 0.1) is 0 Å². The summed E-state index contributed by atoms with van der Waals surface area (Å²) in [5.74, 6) is 0. The van der Waals surface area contributed by atoms with Crippen molar-refractivity contribution in [3.63, 3.8) is 0 Å². The standard InChI is InChI=1S/C29H20OS/c1-31-21-17-20-11-5-6-12-22(20)27(18-21)26-16-8-15-25-24-14-7-13-23(28(24)30-29(25)26)19-9-3-2-4-10-19/h2-18H,1H3. The summed E-state index contributed by atoms with van der Waals surface area (Å²) in [6.07, 6.45) is 2.13. The molecule has 0 N–H and O–H groups in total. The van der Waals surface area contributed by atoms with E-state index in [4.69, 9.17) is 4.42 Å². The first kappa shape index (κ1) is 18.3. The third-order valence-electron chi connectivity index (χ3n) is 5.97. The number of rotatable bonds is 3. The maximum atomic E-state index is 6.64. The molecule has 1 nitrogen and oxygen atoms in total. The molecule has 0 aliphatic rings. The van der Waals surface area contributed by atoms with E-state index in [-0.39, 0.29) is 0 Å². The van der Waals surface area contributed by atoms with E-state index in [1.54, 1.807) is 11.8 Å². The van der Waals surface area contributed by atoms with E-state index in [1.807, 2.05) is 6.07 Å². The number of thioether (sulfide) groups is 1. The molecule has 0 radical (unpaired) electrons. The highest BCUT2D eigenvalue weighted by molar-refractivity contribution is 7.98. The van der Waals surface area contributed by atoms with Gasteiger partial charge in [-0.25, -0.2) is 0 Å². The zero-order valence-electron chi connectivity index (χ0n) is 17.1. The first-order valence-electron chi connectivity index (χ1n) is 10.4. The van der Waals surface area contributed by atoms with Gasteiger partial charge in [-0.1, -0.05) is 91.0 Å². The average Bonchev–Trinajstić information content (AvgIpc) is 3.23. The molecule has 0 atom stereocenters. The largest absolute Gasteiger partial charge is 0.455 e. The number of fused-ring (bicyclic) bond motifs is 4. The Balaban J connectivity index is 1.69. The number of benzene rings is 5. The van der Waals surface area contributed by atoms with Crippen LogP contribution in [0.3, 0.4) is 0 Å². The van der Waals surface area contributed by atoms with Gasteiger partial charge in [0, 0.05) is 26.8 Å². The van der Waals surface area contributed by atoms with Crippen LogP contribution in [-0.2, 0) is 0 Å². The van der Waals surface area contributed by atoms with Gasteiger partial charge < -0.3 is 4.42 Å². The number of para-hydroxylation sites is 2. The highest BCUT2D eigenvalue weighted by atomic mass is 32.2. The van der Waals surface area contributed by atoms with Gasteiger partial charge in [0.2, 0.25) is 0 Å². The quantitative estimate of drug-likeness (QED) is 0.267. The Morgan fingerprint density at radius 1 is 0.548 bits per heavy atom. The number of hydrogen-bond donors (Lipinski definition) is 0. The Kier molecular flexibility index (Phi) is 4.33. The lowest BCUT2D eigenvalue weighted by Crippen LogP contribution is -1.84. The van der Waals surface area contributed by atoms with E-state index in [1.165, 1.54) is 26.8 Å². The average molecular weight is 417 g/mol. The van der Waals surface area contributed by atoms with Crippen LogP contribution in [-0.4, -0.2) is 6.26 Å². The fourth-order valence-corrected chi connectivity index (χ4v) is 4.98. The van der Waals surface area contributed by atoms with Crippen LogP contribution >= 0.6 is 11.8 Å². The lowest BCUT2D eigenvalue weighted by atomic mass is 9.96. The van der Waals surface area contributed by atoms with Crippen molar-refractivity contribution in [1.29, 1.82) is 0 Å². The fourth-order valence-electron chi connectivity index (χ4n) is 4.50. The van der Waals surface area contributed by atoms with E-state index >= 15 is 0 Å². The van der Waals surface area contributed by atoms with E-state index in [0.29, 0.717) is 0 Å². The first-order valence-corrected chi connectivity index (χ1v) is 11.6. The predicted octanol–water partition coefficient (Wildman–Crippen LogP) is 8.80. The molecule has 0 bridgehead atoms. The molecule has 0 fully saturated rings. The van der Waals surface area contributed by atoms with E-state index < -0.39 is 0 Å². The lowest BCUT2D eigenvalue weighted by Gasteiger charge is -2.10. The van der Waals surface area contributed by atoms with Gasteiger partial charge in [0.1, 0.15) is 11.2 Å². The summed E-state index contributed by atoms with van der Waals surface area (Å²) in [5, 5.41) is 4.81. The van der Waals surface area contributed by atoms with Crippen LogP contribution in [0.1, 0.15) is 0 Å². The third-order valence-corrected chi connectivity index (χ3v) is 6.68. The van der Waals surface area contributed by atoms with Crippen LogP contribution < -0.4 is 0 Å². The van der Waals surface area contributed by atoms with Crippen LogP contribution in [0.25, 0.3) is 55.0 Å². The van der Waals surface area contributed by atoms with E-state index in [0.717, 1.165) is 33.1 Å². The molecule has 31 heavy (non-hydrogen) atoms. The van der Waals surface area contributed by atoms with Crippen LogP contribution in [0.2, 0.25) is 0 Å². The van der Waals surface area contributed by atoms with Gasteiger partial charge in [-0.2, -0.15) is 0 Å². The second-order valence-corrected chi connectivity index (χ2v) is 8.61. The van der Waals surface area contributed by atoms with Crippen molar-refractivity contribution in [1.82, 2.24) is 0 Å². The van der Waals surface area contributed by atoms with Gasteiger partial charge in [-0.3, -0.25) is 0 Å². The van der Waals surface area contributed by atoms with Gasteiger partial charge in [0.25, 0.3) is 0 Å². The van der Waals surface area contributed by atoms with Crippen LogP contribution in [0.4, 0.5) is 0 Å². The minimum atomic E-state index is 0.946. The van der Waals surface area contributed by atoms with Gasteiger partial charge in [0.15, 0.2) is 0 Å². The summed E-state index contributed by atoms with van der Waals surface area (Å²) in [7, 11) is 0. The van der Waals surface area contributed by atoms with Crippen molar-refractivity contribution in [2.45, 2.75) is 4.90 Å². The molecule has 5 aromatic carbocycles. The molecule has 0 spiro atoms. The number of hydrogen-bond acceptors (Lipinski definition) is 2. The highest BCUT2D eigenvalue weighted by Gasteiger charge is 2.17. The van der Waals surface area contributed by atoms with Crippen molar-refractivity contribution in [2.75, 3.05) is 6.26 Å². The molecule has 0 unspecified atom stereocenters. The molecule has 0 saturated heterocycles. The van der Waals surface area contributed by atoms with Crippen molar-refractivity contribution in [3.05, 3.63) is 103 Å². The minimum absolute atomic E-state index is 0.946. The molecule has 148 valence electrons. The SMILES string of the molecule is CSc1cc(-c2cccc3c2oc2c(-c4ccccc4)cccc23)c2ccccc2c1. The highest BCUT2D eigenvalue weighted by Crippen LogP contribution is 2.42. The van der Waals surface area contributed by atoms with Crippen molar-refractivity contribution >= 4 is 44.5 Å². The molecule has 0 amide bonds. The third kappa shape index (κ3) is 2.95. The Hall–Kier alpha value is -3.49. The zero-order chi connectivity index (χ0) is 20.8. The second-order valence-electron chi connectivity index (χ2n) is 7.73. The first-order chi connectivity index (χ1) is 15.3. The molecule has 0 aliphatic heterocycles. The Morgan fingerprint density at radius 3 is 1.97 bits per heavy atom. The maximum absolute atomic E-state index is 6.64. The maximum Gasteiger partial charge on any atom is 0.143 e. The predicted molar refractivity (Wildman–Crippen MR) is 134 cm³/mol. The van der Waals surface area contributed by atoms with Crippen molar-refractivity contribution < 1.29 is 4.42 Å². The second kappa shape index (κ2) is 7.33. The Labute approximate surface area is 185 Å². The van der Waals surface area contributed by atoms with Crippen molar-refractivity contribution in [3.8, 4) is 22.3 Å². The zero-order valence-corrected chi connectivity index (χ0v) is 17.9. The molecule has 6 aromatic rings. The summed E-state index contributed by atoms with van der Waals surface area (Å²) in [5.41, 5.74) is 6.55. The molecule has 2 heteroatoms. The monoisotopic (exact) mass is 416 g/mol. The smallest absolute Gasteiger partial charge is 0.143 e.